The van der Waals surface area contributed by atoms with Crippen LogP contribution in [0.3, 0.4) is 0 Å². The fraction of sp³-hybridized carbons (Fsp3) is 0.500. The predicted octanol–water partition coefficient (Wildman–Crippen LogP) is 1.18. The average molecular weight is 292 g/mol. The molecule has 1 N–H and O–H groups in total. The third kappa shape index (κ3) is 4.46. The summed E-state index contributed by atoms with van der Waals surface area (Å²) in [6, 6.07) is 1.82. The van der Waals surface area contributed by atoms with Gasteiger partial charge in [0.05, 0.1) is 18.8 Å². The molecule has 0 bridgehead atoms. The van der Waals surface area contributed by atoms with Crippen molar-refractivity contribution < 1.29 is 27.8 Å². The van der Waals surface area contributed by atoms with Gasteiger partial charge in [0, 0.05) is 26.4 Å². The molecule has 1 amide bonds. The van der Waals surface area contributed by atoms with Crippen LogP contribution in [0.4, 0.5) is 13.2 Å². The molecule has 1 aromatic rings. The molecule has 5 nitrogen and oxygen atoms in total. The van der Waals surface area contributed by atoms with Crippen LogP contribution in [0.25, 0.3) is 0 Å². The van der Waals surface area contributed by atoms with Crippen LogP contribution in [0, 0.1) is 0 Å². The predicted molar refractivity (Wildman–Crippen MR) is 64.1 cm³/mol. The number of nitrogens with zero attached hydrogens (tertiary/aromatic N) is 2. The standard InChI is InChI=1S/C12H15F3N2O3/c1-20-7-5-17(4-6-18)11(19)10-3-2-9(8-16-10)12(13,14)15/h2-3,8,18H,4-7H2,1H3. The number of aliphatic hydroxyl groups is 1. The maximum absolute atomic E-state index is 12.4. The Labute approximate surface area is 114 Å². The lowest BCUT2D eigenvalue weighted by Crippen LogP contribution is -2.36. The van der Waals surface area contributed by atoms with Crippen LogP contribution in [-0.2, 0) is 10.9 Å². The highest BCUT2D eigenvalue weighted by Gasteiger charge is 2.31. The van der Waals surface area contributed by atoms with Crippen molar-refractivity contribution in [3.05, 3.63) is 29.6 Å². The zero-order valence-electron chi connectivity index (χ0n) is 10.9. The van der Waals surface area contributed by atoms with Gasteiger partial charge in [-0.1, -0.05) is 0 Å². The van der Waals surface area contributed by atoms with Crippen molar-refractivity contribution in [1.29, 1.82) is 0 Å². The second-order valence-corrected chi connectivity index (χ2v) is 3.94. The van der Waals surface area contributed by atoms with E-state index in [2.05, 4.69) is 4.98 Å². The zero-order chi connectivity index (χ0) is 15.2. The molecule has 1 heterocycles. The molecule has 8 heteroatoms. The Balaban J connectivity index is 2.83. The first kappa shape index (κ1) is 16.4. The molecule has 0 unspecified atom stereocenters. The minimum Gasteiger partial charge on any atom is -0.395 e. The lowest BCUT2D eigenvalue weighted by Gasteiger charge is -2.21. The van der Waals surface area contributed by atoms with Crippen molar-refractivity contribution >= 4 is 5.91 Å². The van der Waals surface area contributed by atoms with Crippen LogP contribution in [0.15, 0.2) is 18.3 Å². The number of methoxy groups -OCH3 is 1. The molecule has 0 saturated carbocycles. The van der Waals surface area contributed by atoms with E-state index in [9.17, 15) is 18.0 Å². The number of pyridine rings is 1. The summed E-state index contributed by atoms with van der Waals surface area (Å²) in [4.78, 5) is 16.8. The van der Waals surface area contributed by atoms with Crippen LogP contribution >= 0.6 is 0 Å². The van der Waals surface area contributed by atoms with Gasteiger partial charge >= 0.3 is 6.18 Å². The number of hydrogen-bond donors (Lipinski definition) is 1. The van der Waals surface area contributed by atoms with Crippen LogP contribution in [-0.4, -0.2) is 54.3 Å². The van der Waals surface area contributed by atoms with Crippen molar-refractivity contribution in [2.45, 2.75) is 6.18 Å². The van der Waals surface area contributed by atoms with Gasteiger partial charge in [0.2, 0.25) is 0 Å². The molecule has 1 rings (SSSR count). The minimum atomic E-state index is -4.49. The van der Waals surface area contributed by atoms with Gasteiger partial charge < -0.3 is 14.7 Å². The van der Waals surface area contributed by atoms with Crippen LogP contribution in [0.1, 0.15) is 16.1 Å². The number of halogens is 3. The fourth-order valence-corrected chi connectivity index (χ4v) is 1.49. The topological polar surface area (TPSA) is 62.7 Å². The number of alkyl halides is 3. The molecule has 0 aliphatic carbocycles. The van der Waals surface area contributed by atoms with Gasteiger partial charge in [-0.05, 0) is 12.1 Å². The molecule has 0 radical (unpaired) electrons. The summed E-state index contributed by atoms with van der Waals surface area (Å²) in [6.45, 7) is 0.284. The van der Waals surface area contributed by atoms with E-state index in [0.29, 0.717) is 6.20 Å². The first-order chi connectivity index (χ1) is 9.40. The highest BCUT2D eigenvalue weighted by atomic mass is 19.4. The summed E-state index contributed by atoms with van der Waals surface area (Å²) in [7, 11) is 1.46. The number of aliphatic hydroxyl groups excluding tert-OH is 1. The third-order valence-corrected chi connectivity index (χ3v) is 2.53. The number of aromatic nitrogens is 1. The molecule has 1 aromatic heterocycles. The number of rotatable bonds is 6. The number of hydrogen-bond acceptors (Lipinski definition) is 4. The van der Waals surface area contributed by atoms with E-state index in [-0.39, 0.29) is 32.0 Å². The van der Waals surface area contributed by atoms with Crippen molar-refractivity contribution in [3.63, 3.8) is 0 Å². The molecule has 0 saturated heterocycles. The molecule has 0 fully saturated rings. The summed E-state index contributed by atoms with van der Waals surface area (Å²) < 4.78 is 42.0. The number of amides is 1. The van der Waals surface area contributed by atoms with Crippen LogP contribution in [0.2, 0.25) is 0 Å². The summed E-state index contributed by atoms with van der Waals surface area (Å²) in [5.74, 6) is -0.551. The van der Waals surface area contributed by atoms with E-state index in [0.717, 1.165) is 12.1 Å². The first-order valence-electron chi connectivity index (χ1n) is 5.82. The molecular weight excluding hydrogens is 277 g/mol. The van der Waals surface area contributed by atoms with E-state index in [1.807, 2.05) is 0 Å². The second-order valence-electron chi connectivity index (χ2n) is 3.94. The Morgan fingerprint density at radius 1 is 1.40 bits per heavy atom. The van der Waals surface area contributed by atoms with Crippen LogP contribution < -0.4 is 0 Å². The Bertz CT molecular complexity index is 435. The SMILES string of the molecule is COCCN(CCO)C(=O)c1ccc(C(F)(F)F)cn1. The number of carbonyl (C=O) groups is 1. The summed E-state index contributed by atoms with van der Waals surface area (Å²) >= 11 is 0. The lowest BCUT2D eigenvalue weighted by atomic mass is 10.2. The van der Waals surface area contributed by atoms with Crippen molar-refractivity contribution in [3.8, 4) is 0 Å². The van der Waals surface area contributed by atoms with Gasteiger partial charge in [0.1, 0.15) is 5.69 Å². The smallest absolute Gasteiger partial charge is 0.395 e. The first-order valence-corrected chi connectivity index (χ1v) is 5.82. The van der Waals surface area contributed by atoms with E-state index >= 15 is 0 Å². The third-order valence-electron chi connectivity index (χ3n) is 2.53. The lowest BCUT2D eigenvalue weighted by molar-refractivity contribution is -0.137. The maximum Gasteiger partial charge on any atom is 0.417 e. The monoisotopic (exact) mass is 292 g/mol. The molecular formula is C12H15F3N2O3. The van der Waals surface area contributed by atoms with Gasteiger partial charge in [-0.2, -0.15) is 13.2 Å². The second kappa shape index (κ2) is 7.20. The van der Waals surface area contributed by atoms with Gasteiger partial charge in [0.15, 0.2) is 0 Å². The molecule has 0 aromatic carbocycles. The van der Waals surface area contributed by atoms with Gasteiger partial charge in [-0.25, -0.2) is 0 Å². The summed E-state index contributed by atoms with van der Waals surface area (Å²) in [5.41, 5.74) is -1.03. The normalized spacial score (nSPS) is 11.4. The molecule has 0 atom stereocenters. The van der Waals surface area contributed by atoms with Gasteiger partial charge in [-0.3, -0.25) is 9.78 Å². The Morgan fingerprint density at radius 3 is 2.55 bits per heavy atom. The van der Waals surface area contributed by atoms with E-state index < -0.39 is 17.6 Å². The van der Waals surface area contributed by atoms with Gasteiger partial charge in [-0.15, -0.1) is 0 Å². The quantitative estimate of drug-likeness (QED) is 0.855. The average Bonchev–Trinajstić information content (AvgIpc) is 2.42. The molecule has 0 spiro atoms. The Hall–Kier alpha value is -1.67. The van der Waals surface area contributed by atoms with Gasteiger partial charge in [0.25, 0.3) is 5.91 Å². The largest absolute Gasteiger partial charge is 0.417 e. The van der Waals surface area contributed by atoms with Crippen molar-refractivity contribution in [2.24, 2.45) is 0 Å². The highest BCUT2D eigenvalue weighted by Crippen LogP contribution is 2.28. The van der Waals surface area contributed by atoms with Crippen LogP contribution in [0.5, 0.6) is 0 Å². The Kier molecular flexibility index (Phi) is 5.90. The summed E-state index contributed by atoms with van der Waals surface area (Å²) in [5, 5.41) is 8.88. The molecule has 20 heavy (non-hydrogen) atoms. The molecule has 112 valence electrons. The van der Waals surface area contributed by atoms with E-state index in [4.69, 9.17) is 9.84 Å². The number of ether oxygens (including phenoxy) is 1. The highest BCUT2D eigenvalue weighted by molar-refractivity contribution is 5.92. The molecule has 0 aliphatic rings. The van der Waals surface area contributed by atoms with E-state index in [1.54, 1.807) is 0 Å². The minimum absolute atomic E-state index is 0.0604. The van der Waals surface area contributed by atoms with Crippen molar-refractivity contribution in [1.82, 2.24) is 9.88 Å². The Morgan fingerprint density at radius 2 is 2.10 bits per heavy atom. The number of carbonyl (C=O) groups excluding carboxylic acids is 1. The molecule has 0 aliphatic heterocycles. The summed E-state index contributed by atoms with van der Waals surface area (Å²) in [6.07, 6.45) is -3.88. The zero-order valence-corrected chi connectivity index (χ0v) is 10.9. The van der Waals surface area contributed by atoms with E-state index in [1.165, 1.54) is 12.0 Å². The maximum atomic E-state index is 12.4. The fourth-order valence-electron chi connectivity index (χ4n) is 1.49. The van der Waals surface area contributed by atoms with Crippen molar-refractivity contribution in [2.75, 3.05) is 33.4 Å².